The molecule has 0 aromatic heterocycles. The second-order valence-corrected chi connectivity index (χ2v) is 5.90. The molecular formula is C16H21N3. The van der Waals surface area contributed by atoms with Gasteiger partial charge in [0.25, 0.3) is 0 Å². The lowest BCUT2D eigenvalue weighted by Crippen LogP contribution is -2.43. The Bertz CT molecular complexity index is 505. The zero-order valence-corrected chi connectivity index (χ0v) is 11.3. The topological polar surface area (TPSA) is 53.1 Å². The third-order valence-electron chi connectivity index (χ3n) is 4.81. The Hall–Kier alpha value is -1.53. The Kier molecular flexibility index (Phi) is 3.20. The van der Waals surface area contributed by atoms with Gasteiger partial charge in [0.1, 0.15) is 5.54 Å². The minimum Gasteiger partial charge on any atom is -0.371 e. The van der Waals surface area contributed by atoms with Crippen molar-refractivity contribution in [2.45, 2.75) is 37.6 Å². The molecule has 19 heavy (non-hydrogen) atoms. The minimum atomic E-state index is -0.570. The van der Waals surface area contributed by atoms with Gasteiger partial charge < -0.3 is 10.6 Å². The van der Waals surface area contributed by atoms with E-state index >= 15 is 0 Å². The van der Waals surface area contributed by atoms with Crippen LogP contribution in [0.15, 0.2) is 24.3 Å². The van der Waals surface area contributed by atoms with E-state index in [1.54, 1.807) is 0 Å². The molecule has 1 fully saturated rings. The average Bonchev–Trinajstić information content (AvgIpc) is 3.01. The summed E-state index contributed by atoms with van der Waals surface area (Å²) in [5, 5.41) is 9.26. The lowest BCUT2D eigenvalue weighted by molar-refractivity contribution is 0.375. The zero-order valence-electron chi connectivity index (χ0n) is 11.3. The van der Waals surface area contributed by atoms with Crippen LogP contribution in [0.25, 0.3) is 0 Å². The fraction of sp³-hybridized carbons (Fsp3) is 0.562. The van der Waals surface area contributed by atoms with E-state index in [1.807, 2.05) is 0 Å². The van der Waals surface area contributed by atoms with E-state index in [2.05, 4.69) is 35.2 Å². The van der Waals surface area contributed by atoms with Gasteiger partial charge in [-0.1, -0.05) is 24.6 Å². The van der Waals surface area contributed by atoms with Gasteiger partial charge in [-0.25, -0.2) is 0 Å². The van der Waals surface area contributed by atoms with Crippen LogP contribution in [-0.2, 0) is 6.42 Å². The van der Waals surface area contributed by atoms with E-state index in [1.165, 1.54) is 11.3 Å². The van der Waals surface area contributed by atoms with Crippen molar-refractivity contribution in [3.8, 4) is 6.07 Å². The Balaban J connectivity index is 1.64. The zero-order chi connectivity index (χ0) is 13.3. The number of nitrogens with two attached hydrogens (primary N) is 1. The Morgan fingerprint density at radius 3 is 3.11 bits per heavy atom. The summed E-state index contributed by atoms with van der Waals surface area (Å²) in [5.41, 5.74) is 8.46. The van der Waals surface area contributed by atoms with Crippen LogP contribution in [0.5, 0.6) is 0 Å². The smallest absolute Gasteiger partial charge is 0.107 e. The molecule has 1 saturated carbocycles. The second-order valence-electron chi connectivity index (χ2n) is 5.90. The normalized spacial score (nSPS) is 29.3. The fourth-order valence-electron chi connectivity index (χ4n) is 3.60. The molecule has 2 atom stereocenters. The van der Waals surface area contributed by atoms with Crippen LogP contribution in [0, 0.1) is 17.2 Å². The molecule has 0 amide bonds. The maximum Gasteiger partial charge on any atom is 0.107 e. The molecule has 0 saturated heterocycles. The molecule has 0 radical (unpaired) electrons. The van der Waals surface area contributed by atoms with Gasteiger partial charge in [0.15, 0.2) is 0 Å². The standard InChI is InChI=1S/C16H21N3/c17-12-16(18)9-3-5-14(16)8-11-19-10-7-13-4-1-2-6-15(13)19/h1-2,4,6,14H,3,5,7-11,18H2. The lowest BCUT2D eigenvalue weighted by Gasteiger charge is -2.27. The summed E-state index contributed by atoms with van der Waals surface area (Å²) in [6.07, 6.45) is 5.26. The number of hydrogen-bond acceptors (Lipinski definition) is 3. The molecule has 1 aliphatic carbocycles. The van der Waals surface area contributed by atoms with Crippen LogP contribution in [0.2, 0.25) is 0 Å². The molecule has 1 aromatic carbocycles. The quantitative estimate of drug-likeness (QED) is 0.902. The van der Waals surface area contributed by atoms with Crippen LogP contribution in [0.4, 0.5) is 5.69 Å². The summed E-state index contributed by atoms with van der Waals surface area (Å²) >= 11 is 0. The van der Waals surface area contributed by atoms with Crippen LogP contribution >= 0.6 is 0 Å². The van der Waals surface area contributed by atoms with Crippen molar-refractivity contribution in [3.63, 3.8) is 0 Å². The van der Waals surface area contributed by atoms with Crippen molar-refractivity contribution in [2.75, 3.05) is 18.0 Å². The second kappa shape index (κ2) is 4.86. The van der Waals surface area contributed by atoms with Gasteiger partial charge in [0.05, 0.1) is 6.07 Å². The van der Waals surface area contributed by atoms with Crippen molar-refractivity contribution < 1.29 is 0 Å². The minimum absolute atomic E-state index is 0.366. The molecule has 3 nitrogen and oxygen atoms in total. The van der Waals surface area contributed by atoms with Crippen LogP contribution in [-0.4, -0.2) is 18.6 Å². The number of hydrogen-bond donors (Lipinski definition) is 1. The molecule has 0 spiro atoms. The van der Waals surface area contributed by atoms with Crippen LogP contribution < -0.4 is 10.6 Å². The maximum atomic E-state index is 9.26. The summed E-state index contributed by atoms with van der Waals surface area (Å²) in [6, 6.07) is 11.0. The molecule has 1 aliphatic heterocycles. The number of anilines is 1. The lowest BCUT2D eigenvalue weighted by atomic mass is 9.87. The molecule has 100 valence electrons. The van der Waals surface area contributed by atoms with E-state index < -0.39 is 5.54 Å². The molecule has 2 unspecified atom stereocenters. The first-order valence-corrected chi connectivity index (χ1v) is 7.26. The average molecular weight is 255 g/mol. The van der Waals surface area contributed by atoms with E-state index in [0.29, 0.717) is 5.92 Å². The van der Waals surface area contributed by atoms with Crippen molar-refractivity contribution in [3.05, 3.63) is 29.8 Å². The summed E-state index contributed by atoms with van der Waals surface area (Å²) in [5.74, 6) is 0.366. The van der Waals surface area contributed by atoms with Gasteiger partial charge in [-0.15, -0.1) is 0 Å². The summed E-state index contributed by atoms with van der Waals surface area (Å²) in [4.78, 5) is 2.45. The third-order valence-corrected chi connectivity index (χ3v) is 4.81. The van der Waals surface area contributed by atoms with Crippen molar-refractivity contribution >= 4 is 5.69 Å². The highest BCUT2D eigenvalue weighted by atomic mass is 15.1. The van der Waals surface area contributed by atoms with E-state index in [-0.39, 0.29) is 0 Å². The van der Waals surface area contributed by atoms with Gasteiger partial charge in [0.2, 0.25) is 0 Å². The SMILES string of the molecule is N#CC1(N)CCCC1CCN1CCc2ccccc21. The van der Waals surface area contributed by atoms with E-state index in [4.69, 9.17) is 5.73 Å². The van der Waals surface area contributed by atoms with Gasteiger partial charge in [-0.05, 0) is 43.2 Å². The van der Waals surface area contributed by atoms with Gasteiger partial charge in [0, 0.05) is 18.8 Å². The molecule has 1 aromatic rings. The van der Waals surface area contributed by atoms with Crippen molar-refractivity contribution in [1.82, 2.24) is 0 Å². The Morgan fingerprint density at radius 2 is 2.26 bits per heavy atom. The number of nitrogens with zero attached hydrogens (tertiary/aromatic N) is 2. The number of benzene rings is 1. The van der Waals surface area contributed by atoms with Crippen molar-refractivity contribution in [2.24, 2.45) is 11.7 Å². The van der Waals surface area contributed by atoms with E-state index in [0.717, 1.165) is 45.2 Å². The predicted octanol–water partition coefficient (Wildman–Crippen LogP) is 2.46. The highest BCUT2D eigenvalue weighted by Crippen LogP contribution is 2.36. The predicted molar refractivity (Wildman–Crippen MR) is 76.8 cm³/mol. The first-order valence-electron chi connectivity index (χ1n) is 7.26. The summed E-state index contributed by atoms with van der Waals surface area (Å²) < 4.78 is 0. The highest BCUT2D eigenvalue weighted by molar-refractivity contribution is 5.57. The molecule has 0 bridgehead atoms. The number of rotatable bonds is 3. The Morgan fingerprint density at radius 1 is 1.42 bits per heavy atom. The van der Waals surface area contributed by atoms with Crippen LogP contribution in [0.1, 0.15) is 31.2 Å². The summed E-state index contributed by atoms with van der Waals surface area (Å²) in [7, 11) is 0. The number of nitriles is 1. The molecule has 2 aliphatic rings. The largest absolute Gasteiger partial charge is 0.371 e. The molecular weight excluding hydrogens is 234 g/mol. The van der Waals surface area contributed by atoms with E-state index in [9.17, 15) is 5.26 Å². The first-order chi connectivity index (χ1) is 9.23. The van der Waals surface area contributed by atoms with Crippen molar-refractivity contribution in [1.29, 1.82) is 5.26 Å². The van der Waals surface area contributed by atoms with Gasteiger partial charge >= 0.3 is 0 Å². The fourth-order valence-corrected chi connectivity index (χ4v) is 3.60. The Labute approximate surface area is 115 Å². The van der Waals surface area contributed by atoms with Gasteiger partial charge in [-0.2, -0.15) is 5.26 Å². The first kappa shape index (κ1) is 12.5. The number of fused-ring (bicyclic) bond motifs is 1. The van der Waals surface area contributed by atoms with Gasteiger partial charge in [-0.3, -0.25) is 0 Å². The highest BCUT2D eigenvalue weighted by Gasteiger charge is 2.39. The summed E-state index contributed by atoms with van der Waals surface area (Å²) in [6.45, 7) is 2.14. The number of para-hydroxylation sites is 1. The maximum absolute atomic E-state index is 9.26. The monoisotopic (exact) mass is 255 g/mol. The molecule has 3 rings (SSSR count). The molecule has 3 heteroatoms. The third kappa shape index (κ3) is 2.21. The molecule has 1 heterocycles. The molecule has 2 N–H and O–H groups in total. The van der Waals surface area contributed by atoms with Crippen LogP contribution in [0.3, 0.4) is 0 Å².